The number of benzene rings is 2. The molecule has 2 aromatic carbocycles. The van der Waals surface area contributed by atoms with Gasteiger partial charge in [-0.15, -0.1) is 0 Å². The van der Waals surface area contributed by atoms with Crippen molar-refractivity contribution < 1.29 is 18.0 Å². The van der Waals surface area contributed by atoms with E-state index in [2.05, 4.69) is 25.9 Å². The normalized spacial score (nSPS) is 17.7. The molecule has 1 fully saturated rings. The number of para-hydroxylation sites is 2. The van der Waals surface area contributed by atoms with Crippen LogP contribution in [0.15, 0.2) is 48.5 Å². The van der Waals surface area contributed by atoms with Crippen molar-refractivity contribution in [3.8, 4) is 0 Å². The number of imidazole rings is 1. The first-order valence-electron chi connectivity index (χ1n) is 9.02. The van der Waals surface area contributed by atoms with Crippen molar-refractivity contribution in [2.45, 2.75) is 12.5 Å². The fourth-order valence-corrected chi connectivity index (χ4v) is 4.83. The van der Waals surface area contributed by atoms with Gasteiger partial charge in [-0.2, -0.15) is 0 Å². The predicted molar refractivity (Wildman–Crippen MR) is 110 cm³/mol. The van der Waals surface area contributed by atoms with Crippen molar-refractivity contribution >= 4 is 44.4 Å². The highest BCUT2D eigenvalue weighted by Crippen LogP contribution is 2.16. The molecule has 2 heterocycles. The molecule has 3 amide bonds. The highest BCUT2D eigenvalue weighted by Gasteiger charge is 2.28. The number of amides is 3. The molecule has 0 radical (unpaired) electrons. The van der Waals surface area contributed by atoms with Gasteiger partial charge in [-0.05, 0) is 42.8 Å². The van der Waals surface area contributed by atoms with Crippen LogP contribution in [0.25, 0.3) is 11.0 Å². The zero-order valence-electron chi connectivity index (χ0n) is 15.3. The summed E-state index contributed by atoms with van der Waals surface area (Å²) in [5, 5.41) is 7.98. The second-order valence-corrected chi connectivity index (χ2v) is 9.06. The minimum absolute atomic E-state index is 0.0404. The third-order valence-electron chi connectivity index (χ3n) is 4.59. The van der Waals surface area contributed by atoms with Gasteiger partial charge in [-0.3, -0.25) is 10.1 Å². The molecule has 4 rings (SSSR count). The van der Waals surface area contributed by atoms with E-state index in [1.54, 1.807) is 24.3 Å². The number of nitrogens with zero attached hydrogens (tertiary/aromatic N) is 1. The SMILES string of the molecule is O=C(Nc1ccc(C(=O)Nc2nc3ccccc3[nH]2)cc1)N[C@@H]1CCS(=O)(=O)C1. The van der Waals surface area contributed by atoms with Crippen LogP contribution in [0.3, 0.4) is 0 Å². The van der Waals surface area contributed by atoms with E-state index >= 15 is 0 Å². The Labute approximate surface area is 166 Å². The highest BCUT2D eigenvalue weighted by atomic mass is 32.2. The lowest BCUT2D eigenvalue weighted by molar-refractivity contribution is 0.102. The zero-order chi connectivity index (χ0) is 20.4. The van der Waals surface area contributed by atoms with Crippen LogP contribution in [0.1, 0.15) is 16.8 Å². The number of aromatic amines is 1. The largest absolute Gasteiger partial charge is 0.334 e. The van der Waals surface area contributed by atoms with E-state index in [0.717, 1.165) is 11.0 Å². The van der Waals surface area contributed by atoms with Crippen LogP contribution in [0.4, 0.5) is 16.4 Å². The summed E-state index contributed by atoms with van der Waals surface area (Å²) in [6.45, 7) is 0. The summed E-state index contributed by atoms with van der Waals surface area (Å²) in [6, 6.07) is 12.9. The highest BCUT2D eigenvalue weighted by molar-refractivity contribution is 7.91. The Hall–Kier alpha value is -3.40. The molecule has 29 heavy (non-hydrogen) atoms. The smallest absolute Gasteiger partial charge is 0.319 e. The first kappa shape index (κ1) is 18.9. The number of fused-ring (bicyclic) bond motifs is 1. The van der Waals surface area contributed by atoms with Gasteiger partial charge in [0.1, 0.15) is 0 Å². The maximum absolute atomic E-state index is 12.4. The summed E-state index contributed by atoms with van der Waals surface area (Å²) in [6.07, 6.45) is 0.413. The van der Waals surface area contributed by atoms with E-state index in [-0.39, 0.29) is 23.5 Å². The van der Waals surface area contributed by atoms with E-state index in [0.29, 0.717) is 23.6 Å². The van der Waals surface area contributed by atoms with E-state index in [1.165, 1.54) is 0 Å². The second kappa shape index (κ2) is 7.55. The van der Waals surface area contributed by atoms with Gasteiger partial charge in [0.25, 0.3) is 5.91 Å². The number of hydrogen-bond donors (Lipinski definition) is 4. The fraction of sp³-hybridized carbons (Fsp3) is 0.211. The average Bonchev–Trinajstić information content (AvgIpc) is 3.23. The van der Waals surface area contributed by atoms with Gasteiger partial charge in [0, 0.05) is 17.3 Å². The quantitative estimate of drug-likeness (QED) is 0.520. The molecule has 150 valence electrons. The molecule has 1 saturated heterocycles. The number of sulfone groups is 1. The maximum Gasteiger partial charge on any atom is 0.319 e. The van der Waals surface area contributed by atoms with Gasteiger partial charge < -0.3 is 15.6 Å². The van der Waals surface area contributed by atoms with Gasteiger partial charge in [0.2, 0.25) is 5.95 Å². The van der Waals surface area contributed by atoms with Crippen LogP contribution in [-0.4, -0.2) is 47.9 Å². The molecule has 0 saturated carbocycles. The Morgan fingerprint density at radius 2 is 1.79 bits per heavy atom. The van der Waals surface area contributed by atoms with Gasteiger partial charge in [0.05, 0.1) is 22.5 Å². The van der Waals surface area contributed by atoms with Gasteiger partial charge in [-0.1, -0.05) is 12.1 Å². The van der Waals surface area contributed by atoms with Crippen LogP contribution in [0.2, 0.25) is 0 Å². The Balaban J connectivity index is 1.34. The number of H-pyrrole nitrogens is 1. The Morgan fingerprint density at radius 3 is 2.48 bits per heavy atom. The number of carbonyl (C=O) groups is 2. The average molecular weight is 413 g/mol. The van der Waals surface area contributed by atoms with Gasteiger partial charge in [0.15, 0.2) is 9.84 Å². The molecule has 3 aromatic rings. The van der Waals surface area contributed by atoms with Crippen molar-refractivity contribution in [2.75, 3.05) is 22.1 Å². The van der Waals surface area contributed by atoms with Crippen molar-refractivity contribution in [1.29, 1.82) is 0 Å². The number of rotatable bonds is 4. The summed E-state index contributed by atoms with van der Waals surface area (Å²) >= 11 is 0. The van der Waals surface area contributed by atoms with Crippen molar-refractivity contribution in [3.05, 3.63) is 54.1 Å². The number of carbonyl (C=O) groups excluding carboxylic acids is 2. The molecule has 9 nitrogen and oxygen atoms in total. The van der Waals surface area contributed by atoms with Crippen LogP contribution in [0.5, 0.6) is 0 Å². The Kier molecular flexibility index (Phi) is 4.93. The number of hydrogen-bond acceptors (Lipinski definition) is 5. The van der Waals surface area contributed by atoms with Crippen LogP contribution >= 0.6 is 0 Å². The number of urea groups is 1. The molecule has 1 aromatic heterocycles. The standard InChI is InChI=1S/C19H19N5O4S/c25-17(24-18-22-15-3-1-2-4-16(15)23-18)12-5-7-13(8-6-12)20-19(26)21-14-9-10-29(27,28)11-14/h1-8,14H,9-11H2,(H2,20,21,26)(H2,22,23,24,25)/t14-/m1/s1. The Bertz CT molecular complexity index is 1140. The maximum atomic E-state index is 12.4. The van der Waals surface area contributed by atoms with Crippen molar-refractivity contribution in [1.82, 2.24) is 15.3 Å². The number of aromatic nitrogens is 2. The summed E-state index contributed by atoms with van der Waals surface area (Å²) in [7, 11) is -3.06. The Morgan fingerprint density at radius 1 is 1.03 bits per heavy atom. The fourth-order valence-electron chi connectivity index (χ4n) is 3.16. The summed E-state index contributed by atoms with van der Waals surface area (Å²) < 4.78 is 22.9. The second-order valence-electron chi connectivity index (χ2n) is 6.83. The van der Waals surface area contributed by atoms with Crippen molar-refractivity contribution in [2.24, 2.45) is 0 Å². The molecule has 1 atom stereocenters. The summed E-state index contributed by atoms with van der Waals surface area (Å²) in [5.41, 5.74) is 2.47. The van der Waals surface area contributed by atoms with E-state index in [4.69, 9.17) is 0 Å². The molecule has 0 spiro atoms. The minimum atomic E-state index is -3.06. The lowest BCUT2D eigenvalue weighted by Crippen LogP contribution is -2.38. The third kappa shape index (κ3) is 4.54. The monoisotopic (exact) mass is 413 g/mol. The van der Waals surface area contributed by atoms with Crippen LogP contribution in [-0.2, 0) is 9.84 Å². The lowest BCUT2D eigenvalue weighted by Gasteiger charge is -2.12. The molecule has 1 aliphatic rings. The molecule has 0 bridgehead atoms. The number of anilines is 2. The van der Waals surface area contributed by atoms with E-state index < -0.39 is 15.9 Å². The van der Waals surface area contributed by atoms with E-state index in [9.17, 15) is 18.0 Å². The van der Waals surface area contributed by atoms with Crippen LogP contribution < -0.4 is 16.0 Å². The number of nitrogens with one attached hydrogen (secondary N) is 4. The van der Waals surface area contributed by atoms with Crippen LogP contribution in [0, 0.1) is 0 Å². The third-order valence-corrected chi connectivity index (χ3v) is 6.36. The molecule has 0 aliphatic carbocycles. The molecular weight excluding hydrogens is 394 g/mol. The van der Waals surface area contributed by atoms with Gasteiger partial charge >= 0.3 is 6.03 Å². The van der Waals surface area contributed by atoms with Crippen molar-refractivity contribution in [3.63, 3.8) is 0 Å². The molecule has 1 aliphatic heterocycles. The summed E-state index contributed by atoms with van der Waals surface area (Å²) in [5.74, 6) is 0.0643. The predicted octanol–water partition coefficient (Wildman–Crippen LogP) is 2.12. The van der Waals surface area contributed by atoms with Gasteiger partial charge in [-0.25, -0.2) is 18.2 Å². The molecular formula is C19H19N5O4S. The molecule has 0 unspecified atom stereocenters. The first-order valence-corrected chi connectivity index (χ1v) is 10.8. The molecule has 4 N–H and O–H groups in total. The minimum Gasteiger partial charge on any atom is -0.334 e. The summed E-state index contributed by atoms with van der Waals surface area (Å²) in [4.78, 5) is 31.7. The van der Waals surface area contributed by atoms with E-state index in [1.807, 2.05) is 24.3 Å². The molecule has 10 heteroatoms. The topological polar surface area (TPSA) is 133 Å². The lowest BCUT2D eigenvalue weighted by atomic mass is 10.2. The first-order chi connectivity index (χ1) is 13.9. The zero-order valence-corrected chi connectivity index (χ0v) is 16.1.